The Bertz CT molecular complexity index is 618. The van der Waals surface area contributed by atoms with Crippen LogP contribution in [0.5, 0.6) is 0 Å². The number of H-pyrrole nitrogens is 1. The fourth-order valence-corrected chi connectivity index (χ4v) is 2.79. The van der Waals surface area contributed by atoms with Gasteiger partial charge in [0.2, 0.25) is 0 Å². The van der Waals surface area contributed by atoms with Gasteiger partial charge >= 0.3 is 0 Å². The SMILES string of the molecule is O=[N+]([O-])c1cc2c3c([nH]c2cc1Cl)CCCC3. The van der Waals surface area contributed by atoms with Crippen LogP contribution < -0.4 is 0 Å². The summed E-state index contributed by atoms with van der Waals surface area (Å²) in [6.07, 6.45) is 4.34. The van der Waals surface area contributed by atoms with E-state index < -0.39 is 4.92 Å². The fraction of sp³-hybridized carbons (Fsp3) is 0.333. The highest BCUT2D eigenvalue weighted by Gasteiger charge is 2.20. The van der Waals surface area contributed by atoms with Crippen molar-refractivity contribution in [3.05, 3.63) is 38.5 Å². The number of aryl methyl sites for hydroxylation is 2. The van der Waals surface area contributed by atoms with E-state index in [0.29, 0.717) is 0 Å². The standard InChI is InChI=1S/C12H11ClN2O2/c13-9-6-11-8(5-12(9)15(16)17)7-3-1-2-4-10(7)14-11/h5-6,14H,1-4H2. The molecule has 88 valence electrons. The Morgan fingerprint density at radius 2 is 2.06 bits per heavy atom. The molecule has 0 saturated carbocycles. The van der Waals surface area contributed by atoms with Crippen molar-refractivity contribution in [1.29, 1.82) is 0 Å². The van der Waals surface area contributed by atoms with Crippen molar-refractivity contribution < 1.29 is 4.92 Å². The molecule has 0 unspecified atom stereocenters. The molecule has 17 heavy (non-hydrogen) atoms. The van der Waals surface area contributed by atoms with Crippen LogP contribution in [0, 0.1) is 10.1 Å². The smallest absolute Gasteiger partial charge is 0.288 e. The van der Waals surface area contributed by atoms with E-state index >= 15 is 0 Å². The first kappa shape index (κ1) is 10.6. The van der Waals surface area contributed by atoms with E-state index in [2.05, 4.69) is 4.98 Å². The molecular weight excluding hydrogens is 240 g/mol. The van der Waals surface area contributed by atoms with Crippen LogP contribution in [0.1, 0.15) is 24.1 Å². The monoisotopic (exact) mass is 250 g/mol. The van der Waals surface area contributed by atoms with E-state index in [0.717, 1.165) is 30.2 Å². The van der Waals surface area contributed by atoms with Crippen LogP contribution in [-0.4, -0.2) is 9.91 Å². The molecule has 1 heterocycles. The summed E-state index contributed by atoms with van der Waals surface area (Å²) in [6, 6.07) is 3.26. The highest BCUT2D eigenvalue weighted by molar-refractivity contribution is 6.33. The molecule has 0 aliphatic heterocycles. The molecule has 0 spiro atoms. The average molecular weight is 251 g/mol. The lowest BCUT2D eigenvalue weighted by atomic mass is 9.95. The van der Waals surface area contributed by atoms with Gasteiger partial charge in [0.05, 0.1) is 4.92 Å². The van der Waals surface area contributed by atoms with E-state index in [1.54, 1.807) is 12.1 Å². The predicted octanol–water partition coefficient (Wildman–Crippen LogP) is 3.61. The molecule has 4 nitrogen and oxygen atoms in total. The Labute approximate surface area is 103 Å². The first-order valence-corrected chi connectivity index (χ1v) is 6.02. The summed E-state index contributed by atoms with van der Waals surface area (Å²) in [5.41, 5.74) is 3.34. The van der Waals surface area contributed by atoms with Crippen LogP contribution in [0.25, 0.3) is 10.9 Å². The fourth-order valence-electron chi connectivity index (χ4n) is 2.56. The zero-order chi connectivity index (χ0) is 12.0. The van der Waals surface area contributed by atoms with Crippen molar-refractivity contribution in [1.82, 2.24) is 4.98 Å². The summed E-state index contributed by atoms with van der Waals surface area (Å²) in [6.45, 7) is 0. The van der Waals surface area contributed by atoms with Gasteiger partial charge < -0.3 is 4.98 Å². The lowest BCUT2D eigenvalue weighted by Crippen LogP contribution is -2.00. The molecule has 1 N–H and O–H groups in total. The Morgan fingerprint density at radius 3 is 2.82 bits per heavy atom. The molecule has 1 aromatic carbocycles. The summed E-state index contributed by atoms with van der Waals surface area (Å²) in [5.74, 6) is 0. The van der Waals surface area contributed by atoms with E-state index in [4.69, 9.17) is 11.6 Å². The van der Waals surface area contributed by atoms with Crippen molar-refractivity contribution in [3.63, 3.8) is 0 Å². The minimum atomic E-state index is -0.427. The van der Waals surface area contributed by atoms with Crippen molar-refractivity contribution in [2.75, 3.05) is 0 Å². The second kappa shape index (κ2) is 3.74. The van der Waals surface area contributed by atoms with Crippen LogP contribution in [0.3, 0.4) is 0 Å². The Kier molecular flexibility index (Phi) is 2.33. The Hall–Kier alpha value is -1.55. The van der Waals surface area contributed by atoms with Gasteiger partial charge in [0.25, 0.3) is 5.69 Å². The zero-order valence-corrected chi connectivity index (χ0v) is 9.88. The van der Waals surface area contributed by atoms with Crippen molar-refractivity contribution in [3.8, 4) is 0 Å². The summed E-state index contributed by atoms with van der Waals surface area (Å²) in [4.78, 5) is 13.8. The molecular formula is C12H11ClN2O2. The number of rotatable bonds is 1. The molecule has 0 atom stereocenters. The maximum Gasteiger partial charge on any atom is 0.288 e. The third-order valence-electron chi connectivity index (χ3n) is 3.36. The number of nitro groups is 1. The van der Waals surface area contributed by atoms with Gasteiger partial charge in [-0.15, -0.1) is 0 Å². The summed E-state index contributed by atoms with van der Waals surface area (Å²) >= 11 is 5.90. The van der Waals surface area contributed by atoms with Crippen LogP contribution in [0.4, 0.5) is 5.69 Å². The summed E-state index contributed by atoms with van der Waals surface area (Å²) in [5, 5.41) is 12.0. The number of nitro benzene ring substituents is 1. The quantitative estimate of drug-likeness (QED) is 0.621. The summed E-state index contributed by atoms with van der Waals surface area (Å²) < 4.78 is 0. The topological polar surface area (TPSA) is 58.9 Å². The number of hydrogen-bond donors (Lipinski definition) is 1. The molecule has 0 saturated heterocycles. The lowest BCUT2D eigenvalue weighted by molar-refractivity contribution is -0.384. The number of halogens is 1. The van der Waals surface area contributed by atoms with E-state index in [-0.39, 0.29) is 10.7 Å². The highest BCUT2D eigenvalue weighted by atomic mass is 35.5. The van der Waals surface area contributed by atoms with Gasteiger partial charge in [-0.1, -0.05) is 11.6 Å². The minimum Gasteiger partial charge on any atom is -0.358 e. The van der Waals surface area contributed by atoms with Crippen LogP contribution in [0.15, 0.2) is 12.1 Å². The normalized spacial score (nSPS) is 14.9. The molecule has 1 aliphatic carbocycles. The highest BCUT2D eigenvalue weighted by Crippen LogP contribution is 2.35. The van der Waals surface area contributed by atoms with E-state index in [9.17, 15) is 10.1 Å². The van der Waals surface area contributed by atoms with Gasteiger partial charge in [0, 0.05) is 22.7 Å². The van der Waals surface area contributed by atoms with Crippen molar-refractivity contribution in [2.45, 2.75) is 25.7 Å². The molecule has 0 amide bonds. The average Bonchev–Trinajstić information content (AvgIpc) is 2.64. The maximum atomic E-state index is 10.9. The maximum absolute atomic E-state index is 10.9. The van der Waals surface area contributed by atoms with Gasteiger partial charge in [0.15, 0.2) is 0 Å². The molecule has 5 heteroatoms. The third-order valence-corrected chi connectivity index (χ3v) is 3.66. The van der Waals surface area contributed by atoms with E-state index in [1.165, 1.54) is 17.7 Å². The van der Waals surface area contributed by atoms with Crippen LogP contribution >= 0.6 is 11.6 Å². The minimum absolute atomic E-state index is 0.00783. The zero-order valence-electron chi connectivity index (χ0n) is 9.12. The largest absolute Gasteiger partial charge is 0.358 e. The van der Waals surface area contributed by atoms with E-state index in [1.807, 2.05) is 0 Å². The number of hydrogen-bond acceptors (Lipinski definition) is 2. The first-order valence-electron chi connectivity index (χ1n) is 5.64. The molecule has 0 fully saturated rings. The molecule has 0 bridgehead atoms. The number of nitrogens with zero attached hydrogens (tertiary/aromatic N) is 1. The van der Waals surface area contributed by atoms with Gasteiger partial charge in [-0.2, -0.15) is 0 Å². The molecule has 2 aromatic rings. The number of nitrogens with one attached hydrogen (secondary N) is 1. The van der Waals surface area contributed by atoms with Crippen molar-refractivity contribution in [2.24, 2.45) is 0 Å². The second-order valence-electron chi connectivity index (χ2n) is 4.40. The Morgan fingerprint density at radius 1 is 1.29 bits per heavy atom. The number of benzene rings is 1. The Balaban J connectivity index is 2.29. The van der Waals surface area contributed by atoms with Crippen LogP contribution in [0.2, 0.25) is 5.02 Å². The molecule has 1 aromatic heterocycles. The number of fused-ring (bicyclic) bond motifs is 3. The van der Waals surface area contributed by atoms with Gasteiger partial charge in [-0.25, -0.2) is 0 Å². The van der Waals surface area contributed by atoms with Crippen LogP contribution in [-0.2, 0) is 12.8 Å². The number of aromatic amines is 1. The first-order chi connectivity index (χ1) is 8.16. The molecule has 1 aliphatic rings. The van der Waals surface area contributed by atoms with Gasteiger partial charge in [-0.05, 0) is 37.3 Å². The molecule has 3 rings (SSSR count). The lowest BCUT2D eigenvalue weighted by Gasteiger charge is -2.10. The second-order valence-corrected chi connectivity index (χ2v) is 4.80. The predicted molar refractivity (Wildman–Crippen MR) is 66.6 cm³/mol. The molecule has 0 radical (unpaired) electrons. The summed E-state index contributed by atoms with van der Waals surface area (Å²) in [7, 11) is 0. The van der Waals surface area contributed by atoms with Crippen molar-refractivity contribution >= 4 is 28.2 Å². The third kappa shape index (κ3) is 1.60. The van der Waals surface area contributed by atoms with Gasteiger partial charge in [-0.3, -0.25) is 10.1 Å². The number of aromatic nitrogens is 1. The van der Waals surface area contributed by atoms with Gasteiger partial charge in [0.1, 0.15) is 5.02 Å².